The van der Waals surface area contributed by atoms with E-state index in [9.17, 15) is 13.6 Å². The first kappa shape index (κ1) is 27.7. The minimum absolute atomic E-state index is 0.00715. The molecule has 0 N–H and O–H groups in total. The predicted octanol–water partition coefficient (Wildman–Crippen LogP) is 7.59. The highest BCUT2D eigenvalue weighted by Crippen LogP contribution is 2.37. The lowest BCUT2D eigenvalue weighted by Crippen LogP contribution is -2.35. The Morgan fingerprint density at radius 2 is 2.00 bits per heavy atom. The fourth-order valence-corrected chi connectivity index (χ4v) is 5.00. The van der Waals surface area contributed by atoms with Crippen LogP contribution in [0.15, 0.2) is 65.3 Å². The molecule has 1 aliphatic carbocycles. The van der Waals surface area contributed by atoms with Crippen LogP contribution in [0.4, 0.5) is 8.78 Å². The van der Waals surface area contributed by atoms with Crippen LogP contribution >= 0.6 is 0 Å². The highest BCUT2D eigenvalue weighted by atomic mass is 19.3. The molecule has 3 atom stereocenters. The number of ether oxygens (including phenoxy) is 2. The molecule has 1 heterocycles. The van der Waals surface area contributed by atoms with Crippen LogP contribution < -0.4 is 9.47 Å². The number of amides is 1. The third kappa shape index (κ3) is 6.65. The van der Waals surface area contributed by atoms with Crippen LogP contribution in [0.2, 0.25) is 0 Å². The number of hydrogen-bond donors (Lipinski definition) is 0. The van der Waals surface area contributed by atoms with Gasteiger partial charge in [-0.2, -0.15) is 8.78 Å². The number of nitrogens with zero attached hydrogens (tertiary/aromatic N) is 1. The molecule has 0 radical (unpaired) electrons. The van der Waals surface area contributed by atoms with Crippen molar-refractivity contribution in [3.63, 3.8) is 0 Å². The maximum Gasteiger partial charge on any atom is 0.387 e. The summed E-state index contributed by atoms with van der Waals surface area (Å²) in [6.07, 6.45) is 9.76. The van der Waals surface area contributed by atoms with E-state index in [2.05, 4.69) is 50.3 Å². The van der Waals surface area contributed by atoms with Gasteiger partial charge in [0, 0.05) is 24.9 Å². The molecule has 3 rings (SSSR count). The molecule has 1 aromatic rings. The molecule has 1 aromatic carbocycles. The van der Waals surface area contributed by atoms with Crippen molar-refractivity contribution in [3.8, 4) is 11.5 Å². The molecule has 4 nitrogen and oxygen atoms in total. The molecular weight excluding hydrogens is 460 g/mol. The van der Waals surface area contributed by atoms with Gasteiger partial charge in [0.2, 0.25) is 5.91 Å². The Hall–Kier alpha value is -2.89. The Kier molecular flexibility index (Phi) is 9.52. The zero-order valence-corrected chi connectivity index (χ0v) is 22.2. The van der Waals surface area contributed by atoms with Crippen LogP contribution in [0.25, 0.3) is 0 Å². The minimum atomic E-state index is -2.92. The van der Waals surface area contributed by atoms with Crippen LogP contribution in [0.5, 0.6) is 11.5 Å². The lowest BCUT2D eigenvalue weighted by atomic mass is 9.90. The number of hydrogen-bond acceptors (Lipinski definition) is 3. The third-order valence-corrected chi connectivity index (χ3v) is 7.61. The maximum absolute atomic E-state index is 12.9. The zero-order chi connectivity index (χ0) is 26.4. The Morgan fingerprint density at radius 1 is 1.25 bits per heavy atom. The third-order valence-electron chi connectivity index (χ3n) is 7.61. The van der Waals surface area contributed by atoms with Crippen LogP contribution in [0.1, 0.15) is 71.8 Å². The summed E-state index contributed by atoms with van der Waals surface area (Å²) < 4.78 is 35.5. The van der Waals surface area contributed by atoms with Crippen LogP contribution in [-0.4, -0.2) is 36.6 Å². The van der Waals surface area contributed by atoms with Gasteiger partial charge in [-0.05, 0) is 76.1 Å². The number of halogens is 2. The standard InChI is InChI=1S/C30H39F2NO3/c1-7-35-28-16-25(14-15-27(28)36-30(31)32)26-17-29(34)33(18-26)23(6)20(3)11-9-13-24-12-8-10-19(2)21(4)22(24)5/h8,10,12,14-16,21,23,26,30H,3,7,9,11,13,17-18H2,1-2,4-6H3/t21?,23-,26-/m1/s1. The minimum Gasteiger partial charge on any atom is -0.490 e. The fourth-order valence-electron chi connectivity index (χ4n) is 5.00. The summed E-state index contributed by atoms with van der Waals surface area (Å²) in [6, 6.07) is 4.90. The summed E-state index contributed by atoms with van der Waals surface area (Å²) in [5, 5.41) is 0. The molecule has 1 amide bonds. The summed E-state index contributed by atoms with van der Waals surface area (Å²) >= 11 is 0. The second-order valence-electron chi connectivity index (χ2n) is 9.85. The van der Waals surface area contributed by atoms with Crippen molar-refractivity contribution in [2.24, 2.45) is 5.92 Å². The number of allylic oxidation sites excluding steroid dienone is 6. The lowest BCUT2D eigenvalue weighted by molar-refractivity contribution is -0.128. The van der Waals surface area contributed by atoms with Crippen molar-refractivity contribution in [1.82, 2.24) is 4.90 Å². The Labute approximate surface area is 214 Å². The molecule has 1 unspecified atom stereocenters. The molecule has 1 fully saturated rings. The Bertz CT molecular complexity index is 1060. The normalized spacial score (nSPS) is 21.1. The summed E-state index contributed by atoms with van der Waals surface area (Å²) in [5.74, 6) is 0.785. The molecule has 1 saturated heterocycles. The molecule has 1 aliphatic heterocycles. The molecule has 0 spiro atoms. The monoisotopic (exact) mass is 499 g/mol. The maximum atomic E-state index is 12.9. The highest BCUT2D eigenvalue weighted by molar-refractivity contribution is 5.80. The number of carbonyl (C=O) groups excluding carboxylic acids is 1. The summed E-state index contributed by atoms with van der Waals surface area (Å²) in [7, 11) is 0. The van der Waals surface area contributed by atoms with E-state index in [4.69, 9.17) is 4.74 Å². The van der Waals surface area contributed by atoms with E-state index in [1.54, 1.807) is 19.1 Å². The first-order valence-electron chi connectivity index (χ1n) is 12.9. The predicted molar refractivity (Wildman–Crippen MR) is 141 cm³/mol. The van der Waals surface area contributed by atoms with Crippen LogP contribution in [0, 0.1) is 5.92 Å². The number of carbonyl (C=O) groups is 1. The van der Waals surface area contributed by atoms with E-state index < -0.39 is 6.61 Å². The first-order valence-corrected chi connectivity index (χ1v) is 12.9. The van der Waals surface area contributed by atoms with E-state index in [0.29, 0.717) is 25.5 Å². The summed E-state index contributed by atoms with van der Waals surface area (Å²) in [5.41, 5.74) is 6.12. The molecule has 196 valence electrons. The van der Waals surface area contributed by atoms with E-state index in [-0.39, 0.29) is 29.4 Å². The van der Waals surface area contributed by atoms with Gasteiger partial charge in [-0.15, -0.1) is 0 Å². The van der Waals surface area contributed by atoms with Gasteiger partial charge < -0.3 is 14.4 Å². The average molecular weight is 500 g/mol. The van der Waals surface area contributed by atoms with Crippen LogP contribution in [0.3, 0.4) is 0 Å². The number of benzene rings is 1. The second-order valence-corrected chi connectivity index (χ2v) is 9.85. The SMILES string of the molecule is C=C(CCCC1=C(C)C(C)C(C)=CC=C1)[C@@H](C)N1C[C@H](c2ccc(OC(F)F)c(OCC)c2)CC1=O. The van der Waals surface area contributed by atoms with Gasteiger partial charge in [0.25, 0.3) is 0 Å². The van der Waals surface area contributed by atoms with Gasteiger partial charge in [-0.25, -0.2) is 0 Å². The van der Waals surface area contributed by atoms with Crippen molar-refractivity contribution in [1.29, 1.82) is 0 Å². The average Bonchev–Trinajstić information content (AvgIpc) is 3.18. The van der Waals surface area contributed by atoms with E-state index in [0.717, 1.165) is 30.4 Å². The van der Waals surface area contributed by atoms with Crippen molar-refractivity contribution < 1.29 is 23.0 Å². The quantitative estimate of drug-likeness (QED) is 0.295. The smallest absolute Gasteiger partial charge is 0.387 e. The fraction of sp³-hybridized carbons (Fsp3) is 0.500. The van der Waals surface area contributed by atoms with Crippen molar-refractivity contribution in [2.75, 3.05) is 13.2 Å². The topological polar surface area (TPSA) is 38.8 Å². The largest absolute Gasteiger partial charge is 0.490 e. The number of alkyl halides is 2. The van der Waals surface area contributed by atoms with Gasteiger partial charge >= 0.3 is 6.61 Å². The van der Waals surface area contributed by atoms with Gasteiger partial charge in [0.1, 0.15) is 0 Å². The summed E-state index contributed by atoms with van der Waals surface area (Å²) in [4.78, 5) is 14.8. The molecule has 0 saturated carbocycles. The molecule has 36 heavy (non-hydrogen) atoms. The van der Waals surface area contributed by atoms with E-state index in [1.807, 2.05) is 11.8 Å². The zero-order valence-electron chi connectivity index (χ0n) is 22.2. The van der Waals surface area contributed by atoms with Gasteiger partial charge in [0.05, 0.1) is 6.61 Å². The highest BCUT2D eigenvalue weighted by Gasteiger charge is 2.34. The molecule has 0 bridgehead atoms. The number of rotatable bonds is 11. The number of likely N-dealkylation sites (tertiary alicyclic amines) is 1. The lowest BCUT2D eigenvalue weighted by Gasteiger charge is -2.27. The molecule has 2 aliphatic rings. The van der Waals surface area contributed by atoms with Gasteiger partial charge in [0.15, 0.2) is 11.5 Å². The van der Waals surface area contributed by atoms with Crippen molar-refractivity contribution in [2.45, 2.75) is 78.9 Å². The first-order chi connectivity index (χ1) is 17.1. The molecule has 0 aromatic heterocycles. The van der Waals surface area contributed by atoms with Gasteiger partial charge in [-0.1, -0.05) is 54.5 Å². The van der Waals surface area contributed by atoms with Crippen molar-refractivity contribution >= 4 is 5.91 Å². The molecule has 6 heteroatoms. The summed E-state index contributed by atoms with van der Waals surface area (Å²) in [6.45, 7) is 12.8. The molecular formula is C30H39F2NO3. The van der Waals surface area contributed by atoms with Crippen molar-refractivity contribution in [3.05, 3.63) is 70.9 Å². The Morgan fingerprint density at radius 3 is 2.69 bits per heavy atom. The van der Waals surface area contributed by atoms with Gasteiger partial charge in [-0.3, -0.25) is 4.79 Å². The van der Waals surface area contributed by atoms with Crippen LogP contribution in [-0.2, 0) is 4.79 Å². The van der Waals surface area contributed by atoms with E-state index >= 15 is 0 Å². The van der Waals surface area contributed by atoms with E-state index in [1.165, 1.54) is 22.8 Å². The Balaban J connectivity index is 1.60. The second kappa shape index (κ2) is 12.4.